The van der Waals surface area contributed by atoms with E-state index in [0.717, 1.165) is 0 Å². The van der Waals surface area contributed by atoms with E-state index < -0.39 is 16.0 Å². The Hall–Kier alpha value is -1.15. The molecule has 0 fully saturated rings. The van der Waals surface area contributed by atoms with Crippen LogP contribution in [-0.4, -0.2) is 41.6 Å². The summed E-state index contributed by atoms with van der Waals surface area (Å²) < 4.78 is 31.0. The lowest BCUT2D eigenvalue weighted by Gasteiger charge is -2.09. The van der Waals surface area contributed by atoms with E-state index in [1.807, 2.05) is 0 Å². The van der Waals surface area contributed by atoms with Gasteiger partial charge in [0, 0.05) is 13.1 Å². The van der Waals surface area contributed by atoms with Crippen LogP contribution in [0.5, 0.6) is 0 Å². The van der Waals surface area contributed by atoms with Gasteiger partial charge in [0.05, 0.1) is 17.6 Å². The number of likely N-dealkylation sites (N-methyl/N-ethyl adjacent to an activating group) is 1. The van der Waals surface area contributed by atoms with E-state index in [2.05, 4.69) is 14.8 Å². The number of benzene rings is 1. The number of methoxy groups -OCH3 is 1. The van der Waals surface area contributed by atoms with Gasteiger partial charge < -0.3 is 10.1 Å². The minimum Gasteiger partial charge on any atom is -0.465 e. The first-order valence-corrected chi connectivity index (χ1v) is 7.24. The van der Waals surface area contributed by atoms with E-state index in [0.29, 0.717) is 12.1 Å². The lowest BCUT2D eigenvalue weighted by molar-refractivity contribution is 0.0599. The quantitative estimate of drug-likeness (QED) is 0.595. The number of carbonyl (C=O) groups excluding carboxylic acids is 1. The molecule has 1 rings (SSSR count). The first-order valence-electron chi connectivity index (χ1n) is 5.75. The number of hydrogen-bond acceptors (Lipinski definition) is 5. The molecule has 0 amide bonds. The Labute approximate surface area is 125 Å². The van der Waals surface area contributed by atoms with Crippen LogP contribution in [0, 0.1) is 6.92 Å². The van der Waals surface area contributed by atoms with E-state index in [1.54, 1.807) is 20.0 Å². The zero-order chi connectivity index (χ0) is 14.5. The van der Waals surface area contributed by atoms with Gasteiger partial charge in [-0.3, -0.25) is 0 Å². The number of sulfonamides is 1. The lowest BCUT2D eigenvalue weighted by Crippen LogP contribution is -2.30. The molecule has 0 heterocycles. The molecular formula is C12H19ClN2O4S. The number of halogens is 1. The average molecular weight is 323 g/mol. The summed E-state index contributed by atoms with van der Waals surface area (Å²) in [6.07, 6.45) is 0. The fourth-order valence-corrected chi connectivity index (χ4v) is 2.55. The van der Waals surface area contributed by atoms with Gasteiger partial charge in [0.2, 0.25) is 10.0 Å². The first-order chi connectivity index (χ1) is 8.92. The van der Waals surface area contributed by atoms with Gasteiger partial charge in [-0.25, -0.2) is 17.9 Å². The molecular weight excluding hydrogens is 304 g/mol. The minimum absolute atomic E-state index is 0. The van der Waals surface area contributed by atoms with Crippen LogP contribution in [0.15, 0.2) is 23.1 Å². The van der Waals surface area contributed by atoms with Gasteiger partial charge in [-0.15, -0.1) is 12.4 Å². The highest BCUT2D eigenvalue weighted by Crippen LogP contribution is 2.16. The number of nitrogens with one attached hydrogen (secondary N) is 2. The van der Waals surface area contributed by atoms with Crippen molar-refractivity contribution in [3.05, 3.63) is 29.3 Å². The average Bonchev–Trinajstić information content (AvgIpc) is 2.38. The highest BCUT2D eigenvalue weighted by atomic mass is 35.5. The Kier molecular flexibility index (Phi) is 7.74. The van der Waals surface area contributed by atoms with E-state index in [4.69, 9.17) is 0 Å². The van der Waals surface area contributed by atoms with Crippen molar-refractivity contribution < 1.29 is 17.9 Å². The zero-order valence-corrected chi connectivity index (χ0v) is 13.2. The van der Waals surface area contributed by atoms with E-state index in [-0.39, 0.29) is 29.4 Å². The topological polar surface area (TPSA) is 84.5 Å². The van der Waals surface area contributed by atoms with Crippen LogP contribution >= 0.6 is 12.4 Å². The summed E-state index contributed by atoms with van der Waals surface area (Å²) in [6, 6.07) is 4.37. The van der Waals surface area contributed by atoms with Gasteiger partial charge in [-0.2, -0.15) is 0 Å². The number of carbonyl (C=O) groups is 1. The van der Waals surface area contributed by atoms with Crippen LogP contribution in [-0.2, 0) is 14.8 Å². The number of hydrogen-bond donors (Lipinski definition) is 2. The summed E-state index contributed by atoms with van der Waals surface area (Å²) in [7, 11) is -0.622. The van der Waals surface area contributed by atoms with Crippen molar-refractivity contribution in [2.75, 3.05) is 27.2 Å². The van der Waals surface area contributed by atoms with E-state index >= 15 is 0 Å². The highest BCUT2D eigenvalue weighted by Gasteiger charge is 2.17. The molecule has 1 aromatic carbocycles. The SMILES string of the molecule is CNCCNS(=O)(=O)c1ccc(C)c(C(=O)OC)c1.Cl. The fraction of sp³-hybridized carbons (Fsp3) is 0.417. The third kappa shape index (κ3) is 4.75. The third-order valence-corrected chi connectivity index (χ3v) is 4.05. The molecule has 20 heavy (non-hydrogen) atoms. The second-order valence-electron chi connectivity index (χ2n) is 3.97. The van der Waals surface area contributed by atoms with Crippen LogP contribution < -0.4 is 10.0 Å². The van der Waals surface area contributed by atoms with Crippen molar-refractivity contribution in [2.24, 2.45) is 0 Å². The van der Waals surface area contributed by atoms with Crippen molar-refractivity contribution in [2.45, 2.75) is 11.8 Å². The van der Waals surface area contributed by atoms with Crippen LogP contribution in [0.4, 0.5) is 0 Å². The summed E-state index contributed by atoms with van der Waals surface area (Å²) in [5.74, 6) is -0.551. The second kappa shape index (κ2) is 8.21. The van der Waals surface area contributed by atoms with Crippen molar-refractivity contribution in [3.8, 4) is 0 Å². The van der Waals surface area contributed by atoms with Crippen molar-refractivity contribution in [3.63, 3.8) is 0 Å². The standard InChI is InChI=1S/C12H18N2O4S.ClH/c1-9-4-5-10(8-11(9)12(15)18-3)19(16,17)14-7-6-13-2;/h4-5,8,13-14H,6-7H2,1-3H3;1H. The molecule has 0 bridgehead atoms. The first kappa shape index (κ1) is 18.9. The molecule has 1 aromatic rings. The van der Waals surface area contributed by atoms with E-state index in [9.17, 15) is 13.2 Å². The largest absolute Gasteiger partial charge is 0.465 e. The summed E-state index contributed by atoms with van der Waals surface area (Å²) in [6.45, 7) is 2.52. The molecule has 0 radical (unpaired) electrons. The predicted octanol–water partition coefficient (Wildman–Crippen LogP) is 0.701. The Morgan fingerprint density at radius 3 is 2.50 bits per heavy atom. The predicted molar refractivity (Wildman–Crippen MR) is 78.9 cm³/mol. The maximum atomic E-state index is 12.0. The maximum Gasteiger partial charge on any atom is 0.338 e. The smallest absolute Gasteiger partial charge is 0.338 e. The summed E-state index contributed by atoms with van der Waals surface area (Å²) in [4.78, 5) is 11.6. The Morgan fingerprint density at radius 2 is 1.95 bits per heavy atom. The minimum atomic E-state index is -3.61. The Bertz CT molecular complexity index is 561. The number of aryl methyl sites for hydroxylation is 1. The third-order valence-electron chi connectivity index (χ3n) is 2.59. The molecule has 0 aromatic heterocycles. The molecule has 0 aliphatic rings. The summed E-state index contributed by atoms with van der Waals surface area (Å²) >= 11 is 0. The van der Waals surface area contributed by atoms with Gasteiger partial charge in [0.25, 0.3) is 0 Å². The van der Waals surface area contributed by atoms with Gasteiger partial charge in [0.1, 0.15) is 0 Å². The van der Waals surface area contributed by atoms with Crippen LogP contribution in [0.2, 0.25) is 0 Å². The Morgan fingerprint density at radius 1 is 1.30 bits per heavy atom. The van der Waals surface area contributed by atoms with Gasteiger partial charge in [0.15, 0.2) is 0 Å². The fourth-order valence-electron chi connectivity index (χ4n) is 1.49. The number of esters is 1. The summed E-state index contributed by atoms with van der Waals surface area (Å²) in [5, 5.41) is 2.84. The Balaban J connectivity index is 0.00000361. The molecule has 6 nitrogen and oxygen atoms in total. The van der Waals surface area contributed by atoms with Crippen molar-refractivity contribution in [1.82, 2.24) is 10.0 Å². The summed E-state index contributed by atoms with van der Waals surface area (Å²) in [5.41, 5.74) is 0.917. The van der Waals surface area contributed by atoms with Crippen LogP contribution in [0.25, 0.3) is 0 Å². The maximum absolute atomic E-state index is 12.0. The molecule has 0 aliphatic heterocycles. The van der Waals surface area contributed by atoms with Gasteiger partial charge >= 0.3 is 5.97 Å². The zero-order valence-electron chi connectivity index (χ0n) is 11.6. The van der Waals surface area contributed by atoms with Crippen molar-refractivity contribution >= 4 is 28.4 Å². The monoisotopic (exact) mass is 322 g/mol. The molecule has 0 unspecified atom stereocenters. The number of ether oxygens (including phenoxy) is 1. The second-order valence-corrected chi connectivity index (χ2v) is 5.74. The van der Waals surface area contributed by atoms with Crippen molar-refractivity contribution in [1.29, 1.82) is 0 Å². The number of rotatable bonds is 6. The molecule has 8 heteroatoms. The molecule has 0 saturated heterocycles. The highest BCUT2D eigenvalue weighted by molar-refractivity contribution is 7.89. The molecule has 0 atom stereocenters. The van der Waals surface area contributed by atoms with Crippen LogP contribution in [0.1, 0.15) is 15.9 Å². The van der Waals surface area contributed by atoms with Gasteiger partial charge in [-0.05, 0) is 31.7 Å². The van der Waals surface area contributed by atoms with Gasteiger partial charge in [-0.1, -0.05) is 6.07 Å². The molecule has 0 spiro atoms. The van der Waals surface area contributed by atoms with E-state index in [1.165, 1.54) is 19.2 Å². The molecule has 0 aliphatic carbocycles. The molecule has 114 valence electrons. The van der Waals surface area contributed by atoms with Crippen LogP contribution in [0.3, 0.4) is 0 Å². The lowest BCUT2D eigenvalue weighted by atomic mass is 10.1. The molecule has 0 saturated carbocycles. The normalized spacial score (nSPS) is 10.8. The molecule has 2 N–H and O–H groups in total.